The second-order valence-corrected chi connectivity index (χ2v) is 2.22. The number of hydrogen-bond donors (Lipinski definition) is 0. The highest BCUT2D eigenvalue weighted by Gasteiger charge is 1.98. The molecular formula is C9H7NO2. The molecule has 1 aromatic rings. The average molecular weight is 161 g/mol. The van der Waals surface area contributed by atoms with Crippen molar-refractivity contribution in [2.45, 2.75) is 6.54 Å². The minimum atomic E-state index is -0.342. The van der Waals surface area contributed by atoms with Crippen molar-refractivity contribution in [1.29, 1.82) is 0 Å². The molecule has 0 aliphatic carbocycles. The fourth-order valence-corrected chi connectivity index (χ4v) is 0.868. The third kappa shape index (κ3) is 1.43. The molecule has 3 nitrogen and oxygen atoms in total. The van der Waals surface area contributed by atoms with E-state index in [4.69, 9.17) is 6.42 Å². The van der Waals surface area contributed by atoms with Gasteiger partial charge in [-0.05, 0) is 12.1 Å². The zero-order valence-electron chi connectivity index (χ0n) is 6.36. The number of pyridine rings is 1. The maximum absolute atomic E-state index is 11.2. The van der Waals surface area contributed by atoms with Gasteiger partial charge in [0.05, 0.1) is 12.1 Å². The summed E-state index contributed by atoms with van der Waals surface area (Å²) in [5, 5.41) is 0. The number of nitrogens with zero attached hydrogens (tertiary/aromatic N) is 1. The Morgan fingerprint density at radius 1 is 1.67 bits per heavy atom. The van der Waals surface area contributed by atoms with Crippen LogP contribution in [0.3, 0.4) is 0 Å². The van der Waals surface area contributed by atoms with Gasteiger partial charge in [-0.1, -0.05) is 5.92 Å². The summed E-state index contributed by atoms with van der Waals surface area (Å²) in [5.41, 5.74) is -0.210. The summed E-state index contributed by atoms with van der Waals surface area (Å²) >= 11 is 0. The van der Waals surface area contributed by atoms with E-state index >= 15 is 0 Å². The van der Waals surface area contributed by atoms with Crippen molar-refractivity contribution >= 4 is 6.29 Å². The SMILES string of the molecule is C#CCn1cccc(C=O)c1=O. The lowest BCUT2D eigenvalue weighted by Crippen LogP contribution is -2.21. The van der Waals surface area contributed by atoms with E-state index in [-0.39, 0.29) is 17.7 Å². The summed E-state index contributed by atoms with van der Waals surface area (Å²) in [6.07, 6.45) is 7.10. The van der Waals surface area contributed by atoms with E-state index in [1.807, 2.05) is 0 Å². The van der Waals surface area contributed by atoms with Gasteiger partial charge in [-0.2, -0.15) is 0 Å². The first-order valence-electron chi connectivity index (χ1n) is 3.37. The monoisotopic (exact) mass is 161 g/mol. The minimum Gasteiger partial charge on any atom is -0.303 e. The number of aromatic nitrogens is 1. The molecule has 0 aromatic carbocycles. The van der Waals surface area contributed by atoms with Gasteiger partial charge in [0, 0.05) is 6.20 Å². The van der Waals surface area contributed by atoms with E-state index in [0.717, 1.165) is 0 Å². The molecule has 0 aliphatic heterocycles. The number of hydrogen-bond acceptors (Lipinski definition) is 2. The summed E-state index contributed by atoms with van der Waals surface area (Å²) in [4.78, 5) is 21.5. The Balaban J connectivity index is 3.25. The molecule has 0 N–H and O–H groups in total. The van der Waals surface area contributed by atoms with Gasteiger partial charge in [0.2, 0.25) is 0 Å². The molecule has 0 saturated heterocycles. The van der Waals surface area contributed by atoms with Crippen LogP contribution in [0.15, 0.2) is 23.1 Å². The van der Waals surface area contributed by atoms with Crippen LogP contribution < -0.4 is 5.56 Å². The molecule has 0 amide bonds. The Morgan fingerprint density at radius 2 is 2.42 bits per heavy atom. The third-order valence-corrected chi connectivity index (χ3v) is 1.44. The average Bonchev–Trinajstić information content (AvgIpc) is 2.09. The van der Waals surface area contributed by atoms with Crippen molar-refractivity contribution in [3.8, 4) is 12.3 Å². The zero-order chi connectivity index (χ0) is 8.97. The highest BCUT2D eigenvalue weighted by molar-refractivity contribution is 5.73. The first kappa shape index (κ1) is 8.28. The van der Waals surface area contributed by atoms with Crippen molar-refractivity contribution < 1.29 is 4.79 Å². The second kappa shape index (κ2) is 3.54. The molecule has 1 rings (SSSR count). The summed E-state index contributed by atoms with van der Waals surface area (Å²) in [5.74, 6) is 2.32. The lowest BCUT2D eigenvalue weighted by Gasteiger charge is -1.98. The van der Waals surface area contributed by atoms with Gasteiger partial charge < -0.3 is 4.57 Å². The van der Waals surface area contributed by atoms with Crippen LogP contribution in [0.1, 0.15) is 10.4 Å². The zero-order valence-corrected chi connectivity index (χ0v) is 6.36. The summed E-state index contributed by atoms with van der Waals surface area (Å²) in [6, 6.07) is 3.07. The molecule has 0 spiro atoms. The molecule has 0 saturated carbocycles. The second-order valence-electron chi connectivity index (χ2n) is 2.22. The first-order valence-corrected chi connectivity index (χ1v) is 3.37. The lowest BCUT2D eigenvalue weighted by molar-refractivity contribution is 0.112. The third-order valence-electron chi connectivity index (χ3n) is 1.44. The number of aldehydes is 1. The Morgan fingerprint density at radius 3 is 3.00 bits per heavy atom. The number of carbonyl (C=O) groups excluding carboxylic acids is 1. The molecule has 0 fully saturated rings. The molecular weight excluding hydrogens is 154 g/mol. The maximum Gasteiger partial charge on any atom is 0.261 e. The fourth-order valence-electron chi connectivity index (χ4n) is 0.868. The van der Waals surface area contributed by atoms with E-state index in [1.165, 1.54) is 10.6 Å². The maximum atomic E-state index is 11.2. The summed E-state index contributed by atoms with van der Waals surface area (Å²) in [6.45, 7) is 0.195. The topological polar surface area (TPSA) is 39.1 Å². The molecule has 12 heavy (non-hydrogen) atoms. The van der Waals surface area contributed by atoms with Gasteiger partial charge in [-0.25, -0.2) is 0 Å². The fraction of sp³-hybridized carbons (Fsp3) is 0.111. The lowest BCUT2D eigenvalue weighted by atomic mass is 10.3. The van der Waals surface area contributed by atoms with Crippen LogP contribution >= 0.6 is 0 Å². The van der Waals surface area contributed by atoms with Crippen molar-refractivity contribution in [2.24, 2.45) is 0 Å². The Bertz CT molecular complexity index is 384. The first-order chi connectivity index (χ1) is 5.79. The molecule has 3 heteroatoms. The highest BCUT2D eigenvalue weighted by atomic mass is 16.1. The highest BCUT2D eigenvalue weighted by Crippen LogP contribution is 1.87. The van der Waals surface area contributed by atoms with Crippen LogP contribution in [0.5, 0.6) is 0 Å². The van der Waals surface area contributed by atoms with Crippen LogP contribution in [-0.2, 0) is 6.54 Å². The predicted octanol–water partition coefficient (Wildman–Crippen LogP) is 0.294. The van der Waals surface area contributed by atoms with Gasteiger partial charge in [-0.3, -0.25) is 9.59 Å². The van der Waals surface area contributed by atoms with Gasteiger partial charge >= 0.3 is 0 Å². The van der Waals surface area contributed by atoms with Crippen LogP contribution in [0.2, 0.25) is 0 Å². The molecule has 60 valence electrons. The Kier molecular flexibility index (Phi) is 2.44. The van der Waals surface area contributed by atoms with Crippen molar-refractivity contribution in [1.82, 2.24) is 4.57 Å². The smallest absolute Gasteiger partial charge is 0.261 e. The number of carbonyl (C=O) groups is 1. The van der Waals surface area contributed by atoms with Gasteiger partial charge in [0.15, 0.2) is 6.29 Å². The van der Waals surface area contributed by atoms with E-state index < -0.39 is 0 Å². The van der Waals surface area contributed by atoms with Crippen LogP contribution in [0, 0.1) is 12.3 Å². The quantitative estimate of drug-likeness (QED) is 0.462. The normalized spacial score (nSPS) is 8.92. The van der Waals surface area contributed by atoms with E-state index in [2.05, 4.69) is 5.92 Å². The van der Waals surface area contributed by atoms with E-state index in [0.29, 0.717) is 6.29 Å². The number of rotatable bonds is 2. The standard InChI is InChI=1S/C9H7NO2/c1-2-5-10-6-3-4-8(7-11)9(10)12/h1,3-4,6-7H,5H2. The summed E-state index contributed by atoms with van der Waals surface area (Å²) < 4.78 is 1.31. The van der Waals surface area contributed by atoms with Crippen molar-refractivity contribution in [2.75, 3.05) is 0 Å². The molecule has 1 heterocycles. The van der Waals surface area contributed by atoms with Crippen LogP contribution in [-0.4, -0.2) is 10.9 Å². The molecule has 0 bridgehead atoms. The molecule has 0 radical (unpaired) electrons. The predicted molar refractivity (Wildman–Crippen MR) is 44.9 cm³/mol. The van der Waals surface area contributed by atoms with E-state index in [9.17, 15) is 9.59 Å². The van der Waals surface area contributed by atoms with E-state index in [1.54, 1.807) is 12.3 Å². The van der Waals surface area contributed by atoms with Crippen molar-refractivity contribution in [3.05, 3.63) is 34.2 Å². The summed E-state index contributed by atoms with van der Waals surface area (Å²) in [7, 11) is 0. The van der Waals surface area contributed by atoms with Gasteiger partial charge in [-0.15, -0.1) is 6.42 Å². The van der Waals surface area contributed by atoms with Gasteiger partial charge in [0.1, 0.15) is 0 Å². The largest absolute Gasteiger partial charge is 0.303 e. The molecule has 0 unspecified atom stereocenters. The Labute approximate surface area is 69.6 Å². The molecule has 1 aromatic heterocycles. The number of terminal acetylenes is 1. The van der Waals surface area contributed by atoms with Crippen LogP contribution in [0.4, 0.5) is 0 Å². The molecule has 0 atom stereocenters. The van der Waals surface area contributed by atoms with Crippen molar-refractivity contribution in [3.63, 3.8) is 0 Å². The Hall–Kier alpha value is -1.82. The molecule has 0 aliphatic rings. The van der Waals surface area contributed by atoms with Crippen LogP contribution in [0.25, 0.3) is 0 Å². The van der Waals surface area contributed by atoms with Gasteiger partial charge in [0.25, 0.3) is 5.56 Å². The minimum absolute atomic E-state index is 0.132.